The van der Waals surface area contributed by atoms with Crippen LogP contribution in [0, 0.1) is 0 Å². The molecule has 0 fully saturated rings. The van der Waals surface area contributed by atoms with E-state index < -0.39 is 26.5 Å². The first-order valence-electron chi connectivity index (χ1n) is 40.3. The van der Waals surface area contributed by atoms with Gasteiger partial charge in [-0.3, -0.25) is 14.2 Å². The zero-order valence-corrected chi connectivity index (χ0v) is 63.6. The summed E-state index contributed by atoms with van der Waals surface area (Å²) in [6, 6.07) is 0. The summed E-state index contributed by atoms with van der Waals surface area (Å²) < 4.78 is 34.4. The second-order valence-electron chi connectivity index (χ2n) is 28.4. The molecule has 0 aliphatic rings. The lowest BCUT2D eigenvalue weighted by Gasteiger charge is -2.28. The monoisotopic (exact) mass is 1340 g/mol. The van der Waals surface area contributed by atoms with Crippen LogP contribution in [-0.2, 0) is 32.7 Å². The summed E-state index contributed by atoms with van der Waals surface area (Å²) in [7, 11) is 1.18. The molecule has 0 aromatic heterocycles. The van der Waals surface area contributed by atoms with Crippen LogP contribution in [0.15, 0.2) is 85.1 Å². The predicted octanol–water partition coefficient (Wildman–Crippen LogP) is 26.2. The van der Waals surface area contributed by atoms with Gasteiger partial charge in [0, 0.05) is 12.8 Å². The molecule has 10 heteroatoms. The minimum atomic E-state index is -4.65. The average molecular weight is 1340 g/mol. The zero-order valence-electron chi connectivity index (χ0n) is 62.7. The minimum Gasteiger partial charge on any atom is -0.756 e. The summed E-state index contributed by atoms with van der Waals surface area (Å²) in [6.45, 7) is 4.19. The molecule has 2 unspecified atom stereocenters. The maximum absolute atomic E-state index is 12.9. The summed E-state index contributed by atoms with van der Waals surface area (Å²) in [5.41, 5.74) is 0. The van der Waals surface area contributed by atoms with E-state index in [1.807, 2.05) is 21.1 Å². The number of unbranched alkanes of at least 4 members (excludes halogenated alkanes) is 47. The van der Waals surface area contributed by atoms with Crippen molar-refractivity contribution in [2.24, 2.45) is 0 Å². The molecule has 0 saturated heterocycles. The van der Waals surface area contributed by atoms with Crippen molar-refractivity contribution < 1.29 is 42.1 Å². The summed E-state index contributed by atoms with van der Waals surface area (Å²) in [4.78, 5) is 38.2. The first-order valence-corrected chi connectivity index (χ1v) is 41.8. The molecule has 2 atom stereocenters. The van der Waals surface area contributed by atoms with Gasteiger partial charge in [-0.05, 0) is 89.9 Å². The van der Waals surface area contributed by atoms with Crippen LogP contribution >= 0.6 is 7.82 Å². The largest absolute Gasteiger partial charge is 0.756 e. The Morgan fingerprint density at radius 3 is 0.915 bits per heavy atom. The van der Waals surface area contributed by atoms with Crippen molar-refractivity contribution in [2.75, 3.05) is 47.5 Å². The quantitative estimate of drug-likeness (QED) is 0.0195. The number of ether oxygens (including phenoxy) is 2. The molecule has 0 rings (SSSR count). The second-order valence-corrected chi connectivity index (χ2v) is 29.8. The molecule has 0 saturated carbocycles. The van der Waals surface area contributed by atoms with Crippen LogP contribution in [0.25, 0.3) is 0 Å². The maximum atomic E-state index is 12.9. The Balaban J connectivity index is 3.94. The highest BCUT2D eigenvalue weighted by atomic mass is 31.2. The van der Waals surface area contributed by atoms with Crippen molar-refractivity contribution in [3.8, 4) is 0 Å². The summed E-state index contributed by atoms with van der Waals surface area (Å²) in [5.74, 6) is -0.814. The number of allylic oxidation sites excluding steroid dienone is 14. The highest BCUT2D eigenvalue weighted by Gasteiger charge is 2.22. The first-order chi connectivity index (χ1) is 46.0. The van der Waals surface area contributed by atoms with Crippen molar-refractivity contribution >= 4 is 19.8 Å². The van der Waals surface area contributed by atoms with E-state index in [2.05, 4.69) is 98.9 Å². The van der Waals surface area contributed by atoms with Crippen molar-refractivity contribution in [1.29, 1.82) is 0 Å². The Labute approximate surface area is 583 Å². The van der Waals surface area contributed by atoms with Crippen LogP contribution in [0.1, 0.15) is 386 Å². The van der Waals surface area contributed by atoms with Gasteiger partial charge in [-0.15, -0.1) is 0 Å². The SMILES string of the molecule is CC/C=C\C/C=C\C/C=C\C/C=C\C/C=C\C/C=C\CCCCCCCCCCCCCCCCCCCCC(=O)OC(COC(=O)CCCCCCCCCCCCCCCCCCCCCCC/C=C\CCCCCCCCCC)COP(=O)([O-])OCC[N+](C)(C)C. The number of phosphoric ester groups is 1. The normalized spacial score (nSPS) is 13.5. The van der Waals surface area contributed by atoms with E-state index in [0.29, 0.717) is 17.4 Å². The molecule has 0 aromatic carbocycles. The molecule has 9 nitrogen and oxygen atoms in total. The average Bonchev–Trinajstić information content (AvgIpc) is 1.56. The molecule has 94 heavy (non-hydrogen) atoms. The first kappa shape index (κ1) is 91.2. The number of rotatable bonds is 75. The Hall–Kier alpha value is -2.81. The maximum Gasteiger partial charge on any atom is 0.306 e. The molecular weight excluding hydrogens is 1180 g/mol. The molecule has 0 aliphatic carbocycles. The topological polar surface area (TPSA) is 111 Å². The molecule has 548 valence electrons. The van der Waals surface area contributed by atoms with Gasteiger partial charge in [0.1, 0.15) is 19.8 Å². The predicted molar refractivity (Wildman–Crippen MR) is 406 cm³/mol. The van der Waals surface area contributed by atoms with Crippen molar-refractivity contribution in [2.45, 2.75) is 392 Å². The van der Waals surface area contributed by atoms with Gasteiger partial charge in [-0.1, -0.05) is 369 Å². The van der Waals surface area contributed by atoms with Gasteiger partial charge in [-0.25, -0.2) is 0 Å². The molecule has 0 radical (unpaired) electrons. The highest BCUT2D eigenvalue weighted by Crippen LogP contribution is 2.38. The number of carbonyl (C=O) groups is 2. The van der Waals surface area contributed by atoms with E-state index in [1.54, 1.807) is 0 Å². The zero-order chi connectivity index (χ0) is 68.3. The van der Waals surface area contributed by atoms with Crippen LogP contribution in [0.4, 0.5) is 0 Å². The van der Waals surface area contributed by atoms with Crippen LogP contribution in [0.3, 0.4) is 0 Å². The van der Waals surface area contributed by atoms with E-state index in [9.17, 15) is 19.0 Å². The molecule has 0 spiro atoms. The number of likely N-dealkylation sites (N-methyl/N-ethyl adjacent to an activating group) is 1. The molecule has 0 amide bonds. The van der Waals surface area contributed by atoms with Gasteiger partial charge in [0.05, 0.1) is 27.7 Å². The van der Waals surface area contributed by atoms with Crippen LogP contribution in [0.5, 0.6) is 0 Å². The molecule has 0 aromatic rings. The van der Waals surface area contributed by atoms with Gasteiger partial charge >= 0.3 is 11.9 Å². The number of esters is 2. The van der Waals surface area contributed by atoms with Gasteiger partial charge in [0.2, 0.25) is 0 Å². The van der Waals surface area contributed by atoms with Gasteiger partial charge in [0.25, 0.3) is 7.82 Å². The van der Waals surface area contributed by atoms with E-state index in [0.717, 1.165) is 77.0 Å². The summed E-state index contributed by atoms with van der Waals surface area (Å²) >= 11 is 0. The van der Waals surface area contributed by atoms with Gasteiger partial charge < -0.3 is 27.9 Å². The number of quaternary nitrogens is 1. The van der Waals surface area contributed by atoms with Gasteiger partial charge in [-0.2, -0.15) is 0 Å². The van der Waals surface area contributed by atoms with Crippen molar-refractivity contribution in [3.05, 3.63) is 85.1 Å². The highest BCUT2D eigenvalue weighted by molar-refractivity contribution is 7.45. The molecule has 0 bridgehead atoms. The van der Waals surface area contributed by atoms with Crippen molar-refractivity contribution in [3.63, 3.8) is 0 Å². The fraction of sp³-hybridized carbons (Fsp3) is 0.810. The standard InChI is InChI=1S/C84H154NO8P/c1-6-8-10-12-14-16-18-20-22-24-26-28-30-32-34-36-38-40-41-42-43-45-47-49-51-53-55-57-59-61-63-65-67-69-71-73-75-77-84(87)93-82(81-92-94(88,89)91-79-78-85(3,4)5)80-90-83(86)76-74-72-70-68-66-64-62-60-58-56-54-52-50-48-46-44-39-37-35-33-31-29-27-25-23-21-19-17-15-13-11-9-7-2/h8,10,14,16,20,22,25-28,32,34,38,40,82H,6-7,9,11-13,15,17-19,21,23-24,29-31,33,35-37,39,41-81H2,1-5H3/b10-8-,16-14-,22-20-,27-25-,28-26-,34-32-,40-38-. The molecule has 0 aliphatic heterocycles. The van der Waals surface area contributed by atoms with E-state index in [1.165, 1.54) is 276 Å². The lowest BCUT2D eigenvalue weighted by Crippen LogP contribution is -2.37. The molecule has 0 N–H and O–H groups in total. The summed E-state index contributed by atoms with van der Waals surface area (Å²) in [6.07, 6.45) is 103. The Bertz CT molecular complexity index is 1860. The third-order valence-electron chi connectivity index (χ3n) is 17.9. The number of phosphoric acid groups is 1. The lowest BCUT2D eigenvalue weighted by atomic mass is 10.0. The van der Waals surface area contributed by atoms with E-state index in [4.69, 9.17) is 18.5 Å². The Kier molecular flexibility index (Phi) is 72.2. The minimum absolute atomic E-state index is 0.0301. The number of hydrogen-bond acceptors (Lipinski definition) is 8. The Morgan fingerprint density at radius 1 is 0.340 bits per heavy atom. The third kappa shape index (κ3) is 78.2. The van der Waals surface area contributed by atoms with Crippen LogP contribution in [-0.4, -0.2) is 70.0 Å². The number of nitrogens with zero attached hydrogens (tertiary/aromatic N) is 1. The van der Waals surface area contributed by atoms with Crippen molar-refractivity contribution in [1.82, 2.24) is 0 Å². The summed E-state index contributed by atoms with van der Waals surface area (Å²) in [5, 5.41) is 0. The molecular formula is C84H154NO8P. The number of carbonyl (C=O) groups excluding carboxylic acids is 2. The van der Waals surface area contributed by atoms with E-state index in [-0.39, 0.29) is 32.0 Å². The Morgan fingerprint density at radius 2 is 0.606 bits per heavy atom. The lowest BCUT2D eigenvalue weighted by molar-refractivity contribution is -0.870. The van der Waals surface area contributed by atoms with Crippen LogP contribution in [0.2, 0.25) is 0 Å². The van der Waals surface area contributed by atoms with E-state index >= 15 is 0 Å². The fourth-order valence-electron chi connectivity index (χ4n) is 11.8. The second kappa shape index (κ2) is 74.4. The smallest absolute Gasteiger partial charge is 0.306 e. The number of hydrogen-bond donors (Lipinski definition) is 0. The van der Waals surface area contributed by atoms with Crippen LogP contribution < -0.4 is 4.89 Å². The fourth-order valence-corrected chi connectivity index (χ4v) is 12.5. The molecule has 0 heterocycles. The third-order valence-corrected chi connectivity index (χ3v) is 18.9. The van der Waals surface area contributed by atoms with Gasteiger partial charge in [0.15, 0.2) is 6.10 Å².